The number of nitrogens with zero attached hydrogens (tertiary/aromatic N) is 2. The fourth-order valence-corrected chi connectivity index (χ4v) is 5.73. The van der Waals surface area contributed by atoms with Crippen LogP contribution in [-0.2, 0) is 18.8 Å². The zero-order valence-corrected chi connectivity index (χ0v) is 22.2. The summed E-state index contributed by atoms with van der Waals surface area (Å²) in [5, 5.41) is 1.80. The Hall–Kier alpha value is -0.550. The monoisotopic (exact) mass is 504 g/mol. The minimum atomic E-state index is -4.91. The van der Waals surface area contributed by atoms with Gasteiger partial charge in [-0.1, -0.05) is 0 Å². The first-order chi connectivity index (χ1) is 15.2. The summed E-state index contributed by atoms with van der Waals surface area (Å²) in [5.41, 5.74) is 5.53. The van der Waals surface area contributed by atoms with Crippen LogP contribution in [0.15, 0.2) is 0 Å². The summed E-state index contributed by atoms with van der Waals surface area (Å²) >= 11 is 0. The van der Waals surface area contributed by atoms with Crippen LogP contribution in [0.4, 0.5) is 13.2 Å². The van der Waals surface area contributed by atoms with Crippen molar-refractivity contribution in [2.45, 2.75) is 91.8 Å². The minimum Gasteiger partial charge on any atom is -0.377 e. The van der Waals surface area contributed by atoms with Crippen LogP contribution in [0.25, 0.3) is 0 Å². The third-order valence-corrected chi connectivity index (χ3v) is 7.54. The maximum absolute atomic E-state index is 12.3. The Bertz CT molecular complexity index is 504. The molecule has 3 N–H and O–H groups in total. The number of nitrogens with two attached hydrogens (primary N) is 1. The van der Waals surface area contributed by atoms with Crippen molar-refractivity contribution in [3.63, 3.8) is 0 Å². The summed E-state index contributed by atoms with van der Waals surface area (Å²) in [5.74, 6) is -1.98. The van der Waals surface area contributed by atoms with Gasteiger partial charge in [-0.25, -0.2) is 9.34 Å². The SMILES string of the molecule is CC(C)N(C(C)C)P(OC(COCCN)COCCNC(=O)C(F)(F)F)N(C(C)C)C(C)C. The molecule has 8 nitrogen and oxygen atoms in total. The number of carbonyl (C=O) groups excluding carboxylic acids is 1. The lowest BCUT2D eigenvalue weighted by atomic mass is 10.3. The molecule has 0 aliphatic carbocycles. The predicted molar refractivity (Wildman–Crippen MR) is 126 cm³/mol. The van der Waals surface area contributed by atoms with E-state index in [-0.39, 0.29) is 50.5 Å². The fourth-order valence-electron chi connectivity index (χ4n) is 3.30. The van der Waals surface area contributed by atoms with Crippen LogP contribution < -0.4 is 11.1 Å². The highest BCUT2D eigenvalue weighted by Crippen LogP contribution is 2.51. The van der Waals surface area contributed by atoms with E-state index in [1.807, 2.05) is 0 Å². The van der Waals surface area contributed by atoms with Gasteiger partial charge in [0.15, 0.2) is 8.45 Å². The molecule has 12 heteroatoms. The molecule has 0 aliphatic heterocycles. The van der Waals surface area contributed by atoms with Gasteiger partial charge >= 0.3 is 12.1 Å². The van der Waals surface area contributed by atoms with Gasteiger partial charge in [0.05, 0.1) is 26.4 Å². The van der Waals surface area contributed by atoms with E-state index in [0.717, 1.165) is 0 Å². The first-order valence-corrected chi connectivity index (χ1v) is 12.6. The van der Waals surface area contributed by atoms with Gasteiger partial charge in [-0.2, -0.15) is 13.2 Å². The number of hydrogen-bond acceptors (Lipinski definition) is 7. The number of hydrogen-bond donors (Lipinski definition) is 2. The van der Waals surface area contributed by atoms with Crippen LogP contribution in [0.5, 0.6) is 0 Å². The van der Waals surface area contributed by atoms with Crippen molar-refractivity contribution in [1.29, 1.82) is 0 Å². The minimum absolute atomic E-state index is 0.0767. The summed E-state index contributed by atoms with van der Waals surface area (Å²) < 4.78 is 59.3. The highest BCUT2D eigenvalue weighted by Gasteiger charge is 2.38. The predicted octanol–water partition coefficient (Wildman–Crippen LogP) is 3.51. The number of rotatable bonds is 17. The maximum Gasteiger partial charge on any atom is 0.471 e. The van der Waals surface area contributed by atoms with Crippen molar-refractivity contribution in [3.8, 4) is 0 Å². The molecule has 1 atom stereocenters. The molecule has 0 heterocycles. The van der Waals surface area contributed by atoms with Crippen molar-refractivity contribution in [2.75, 3.05) is 39.5 Å². The maximum atomic E-state index is 12.3. The fraction of sp³-hybridized carbons (Fsp3) is 0.952. The van der Waals surface area contributed by atoms with Crippen LogP contribution in [-0.4, -0.2) is 91.2 Å². The Morgan fingerprint density at radius 3 is 1.67 bits per heavy atom. The third-order valence-electron chi connectivity index (χ3n) is 4.41. The summed E-state index contributed by atoms with van der Waals surface area (Å²) in [7, 11) is -1.20. The molecule has 0 bridgehead atoms. The standard InChI is InChI=1S/C21H44F3N4O4P/c1-15(2)27(16(3)4)33(28(17(5)6)18(7)8)32-19(13-30-11-9-25)14-31-12-10-26-20(29)21(22,23)24/h15-19H,9-14,25H2,1-8H3,(H,26,29). The highest BCUT2D eigenvalue weighted by atomic mass is 31.2. The van der Waals surface area contributed by atoms with Crippen LogP contribution >= 0.6 is 8.45 Å². The molecule has 0 saturated carbocycles. The lowest BCUT2D eigenvalue weighted by Gasteiger charge is -2.46. The van der Waals surface area contributed by atoms with Gasteiger partial charge < -0.3 is 25.0 Å². The smallest absolute Gasteiger partial charge is 0.377 e. The molecule has 0 spiro atoms. The topological polar surface area (TPSA) is 89.3 Å². The number of alkyl halides is 3. The van der Waals surface area contributed by atoms with Gasteiger partial charge in [-0.15, -0.1) is 0 Å². The van der Waals surface area contributed by atoms with E-state index in [9.17, 15) is 18.0 Å². The van der Waals surface area contributed by atoms with Gasteiger partial charge in [0.25, 0.3) is 0 Å². The molecule has 0 fully saturated rings. The van der Waals surface area contributed by atoms with E-state index in [4.69, 9.17) is 19.7 Å². The summed E-state index contributed by atoms with van der Waals surface area (Å²) in [4.78, 5) is 10.9. The first kappa shape index (κ1) is 32.5. The van der Waals surface area contributed by atoms with E-state index in [2.05, 4.69) is 64.7 Å². The quantitative estimate of drug-likeness (QED) is 0.232. The summed E-state index contributed by atoms with van der Waals surface area (Å²) in [6, 6.07) is 0.890. The molecule has 33 heavy (non-hydrogen) atoms. The molecule has 0 rings (SSSR count). The second kappa shape index (κ2) is 16.2. The Morgan fingerprint density at radius 2 is 1.30 bits per heavy atom. The van der Waals surface area contributed by atoms with Crippen molar-refractivity contribution >= 4 is 14.4 Å². The normalized spacial score (nSPS) is 14.0. The number of amides is 1. The van der Waals surface area contributed by atoms with Gasteiger partial charge in [-0.05, 0) is 55.4 Å². The second-order valence-electron chi connectivity index (χ2n) is 8.81. The van der Waals surface area contributed by atoms with Crippen molar-refractivity contribution in [1.82, 2.24) is 14.7 Å². The van der Waals surface area contributed by atoms with E-state index >= 15 is 0 Å². The van der Waals surface area contributed by atoms with E-state index < -0.39 is 26.6 Å². The molecule has 1 unspecified atom stereocenters. The molecule has 0 aromatic rings. The summed E-state index contributed by atoms with van der Waals surface area (Å²) in [6.45, 7) is 17.7. The zero-order valence-electron chi connectivity index (χ0n) is 21.3. The van der Waals surface area contributed by atoms with Crippen LogP contribution in [0.2, 0.25) is 0 Å². The van der Waals surface area contributed by atoms with Crippen LogP contribution in [0.1, 0.15) is 55.4 Å². The second-order valence-corrected chi connectivity index (χ2v) is 10.4. The Balaban J connectivity index is 5.39. The Labute approximate surface area is 198 Å². The number of ether oxygens (including phenoxy) is 2. The van der Waals surface area contributed by atoms with E-state index in [1.165, 1.54) is 0 Å². The molecule has 198 valence electrons. The van der Waals surface area contributed by atoms with Gasteiger partial charge in [0.2, 0.25) is 0 Å². The van der Waals surface area contributed by atoms with Gasteiger partial charge in [-0.3, -0.25) is 4.79 Å². The van der Waals surface area contributed by atoms with E-state index in [0.29, 0.717) is 13.2 Å². The Morgan fingerprint density at radius 1 is 0.879 bits per heavy atom. The number of halogens is 3. The molecule has 0 saturated heterocycles. The largest absolute Gasteiger partial charge is 0.471 e. The molecule has 1 amide bonds. The van der Waals surface area contributed by atoms with Crippen molar-refractivity contribution < 1.29 is 32.0 Å². The summed E-state index contributed by atoms with van der Waals surface area (Å²) in [6.07, 6.45) is -5.37. The molecule has 0 aromatic carbocycles. The third kappa shape index (κ3) is 12.6. The average Bonchev–Trinajstić information content (AvgIpc) is 2.65. The van der Waals surface area contributed by atoms with Crippen molar-refractivity contribution in [3.05, 3.63) is 0 Å². The van der Waals surface area contributed by atoms with Crippen LogP contribution in [0.3, 0.4) is 0 Å². The number of carbonyl (C=O) groups is 1. The highest BCUT2D eigenvalue weighted by molar-refractivity contribution is 7.47. The first-order valence-electron chi connectivity index (χ1n) is 11.5. The molecular formula is C21H44F3N4O4P. The molecule has 0 aromatic heterocycles. The molecular weight excluding hydrogens is 460 g/mol. The molecule has 0 aliphatic rings. The lowest BCUT2D eigenvalue weighted by Crippen LogP contribution is -2.45. The van der Waals surface area contributed by atoms with Crippen molar-refractivity contribution in [2.24, 2.45) is 5.73 Å². The Kier molecular flexibility index (Phi) is 15.9. The van der Waals surface area contributed by atoms with Crippen LogP contribution in [0, 0.1) is 0 Å². The zero-order chi connectivity index (χ0) is 25.8. The average molecular weight is 505 g/mol. The molecule has 0 radical (unpaired) electrons. The number of nitrogens with one attached hydrogen (secondary N) is 1. The van der Waals surface area contributed by atoms with E-state index in [1.54, 1.807) is 5.32 Å². The van der Waals surface area contributed by atoms with Gasteiger partial charge in [0.1, 0.15) is 6.10 Å². The van der Waals surface area contributed by atoms with Gasteiger partial charge in [0, 0.05) is 37.3 Å². The lowest BCUT2D eigenvalue weighted by molar-refractivity contribution is -0.173.